The van der Waals surface area contributed by atoms with E-state index in [1.807, 2.05) is 35.2 Å². The van der Waals surface area contributed by atoms with Crippen LogP contribution >= 0.6 is 0 Å². The molecule has 0 saturated carbocycles. The minimum atomic E-state index is -0.0690. The first-order chi connectivity index (χ1) is 8.33. The monoisotopic (exact) mass is 234 g/mol. The van der Waals surface area contributed by atoms with Crippen LogP contribution in [-0.2, 0) is 0 Å². The van der Waals surface area contributed by atoms with Crippen molar-refractivity contribution in [3.63, 3.8) is 0 Å². The van der Waals surface area contributed by atoms with Crippen LogP contribution in [0.15, 0.2) is 30.3 Å². The average molecular weight is 234 g/mol. The second kappa shape index (κ2) is 7.80. The predicted molar refractivity (Wildman–Crippen MR) is 65.2 cm³/mol. The summed E-state index contributed by atoms with van der Waals surface area (Å²) in [6.07, 6.45) is 0.351. The normalized spacial score (nSPS) is 12.4. The topological polar surface area (TPSA) is 67.5 Å². The lowest BCUT2D eigenvalue weighted by Gasteiger charge is -2.29. The first kappa shape index (κ1) is 13.7. The Hall–Kier alpha value is -1.41. The smallest absolute Gasteiger partial charge is 0.0641 e. The van der Waals surface area contributed by atoms with Gasteiger partial charge >= 0.3 is 0 Å². The molecule has 1 aromatic rings. The molecule has 4 nitrogen and oxygen atoms in total. The molecule has 0 bridgehead atoms. The van der Waals surface area contributed by atoms with Gasteiger partial charge in [-0.05, 0) is 5.56 Å². The van der Waals surface area contributed by atoms with Crippen molar-refractivity contribution in [3.8, 4) is 6.07 Å². The highest BCUT2D eigenvalue weighted by Crippen LogP contribution is 2.23. The van der Waals surface area contributed by atoms with Crippen LogP contribution in [0, 0.1) is 11.3 Å². The molecule has 92 valence electrons. The Morgan fingerprint density at radius 2 is 1.71 bits per heavy atom. The number of aliphatic hydroxyl groups excluding tert-OH is 2. The molecule has 0 radical (unpaired) electrons. The second-order valence-electron chi connectivity index (χ2n) is 3.77. The molecule has 1 aromatic carbocycles. The zero-order chi connectivity index (χ0) is 12.5. The van der Waals surface area contributed by atoms with Crippen LogP contribution in [0.4, 0.5) is 0 Å². The summed E-state index contributed by atoms with van der Waals surface area (Å²) in [6, 6.07) is 11.8. The lowest BCUT2D eigenvalue weighted by molar-refractivity contribution is 0.123. The number of hydrogen-bond donors (Lipinski definition) is 2. The van der Waals surface area contributed by atoms with E-state index in [0.717, 1.165) is 5.56 Å². The fraction of sp³-hybridized carbons (Fsp3) is 0.462. The van der Waals surface area contributed by atoms with Crippen molar-refractivity contribution in [3.05, 3.63) is 35.9 Å². The summed E-state index contributed by atoms with van der Waals surface area (Å²) < 4.78 is 0. The van der Waals surface area contributed by atoms with Gasteiger partial charge in [-0.25, -0.2) is 0 Å². The van der Waals surface area contributed by atoms with Gasteiger partial charge in [-0.1, -0.05) is 30.3 Å². The molecule has 1 unspecified atom stereocenters. The number of nitriles is 1. The SMILES string of the molecule is N#CCC(c1ccccc1)N(CCO)CCO. The maximum Gasteiger partial charge on any atom is 0.0641 e. The fourth-order valence-electron chi connectivity index (χ4n) is 1.90. The molecular weight excluding hydrogens is 216 g/mol. The Labute approximate surface area is 102 Å². The third-order valence-electron chi connectivity index (χ3n) is 2.68. The Morgan fingerprint density at radius 3 is 2.18 bits per heavy atom. The molecular formula is C13H18N2O2. The molecule has 0 amide bonds. The van der Waals surface area contributed by atoms with Gasteiger partial charge in [0.25, 0.3) is 0 Å². The highest BCUT2D eigenvalue weighted by atomic mass is 16.3. The highest BCUT2D eigenvalue weighted by molar-refractivity contribution is 5.20. The lowest BCUT2D eigenvalue weighted by Crippen LogP contribution is -2.33. The largest absolute Gasteiger partial charge is 0.395 e. The van der Waals surface area contributed by atoms with Crippen molar-refractivity contribution in [1.29, 1.82) is 5.26 Å². The van der Waals surface area contributed by atoms with E-state index in [0.29, 0.717) is 19.5 Å². The zero-order valence-electron chi connectivity index (χ0n) is 9.79. The second-order valence-corrected chi connectivity index (χ2v) is 3.77. The van der Waals surface area contributed by atoms with E-state index in [9.17, 15) is 0 Å². The summed E-state index contributed by atoms with van der Waals surface area (Å²) in [6.45, 7) is 0.965. The molecule has 0 aliphatic heterocycles. The first-order valence-electron chi connectivity index (χ1n) is 5.71. The zero-order valence-corrected chi connectivity index (χ0v) is 9.79. The maximum absolute atomic E-state index is 9.02. The predicted octanol–water partition coefficient (Wildman–Crippen LogP) is 0.928. The highest BCUT2D eigenvalue weighted by Gasteiger charge is 2.19. The Kier molecular flexibility index (Phi) is 6.26. The van der Waals surface area contributed by atoms with Gasteiger partial charge in [-0.3, -0.25) is 4.90 Å². The molecule has 0 heterocycles. The van der Waals surface area contributed by atoms with Gasteiger partial charge in [0.15, 0.2) is 0 Å². The van der Waals surface area contributed by atoms with Crippen molar-refractivity contribution in [2.75, 3.05) is 26.3 Å². The van der Waals surface area contributed by atoms with Gasteiger partial charge in [0.05, 0.1) is 25.7 Å². The van der Waals surface area contributed by atoms with Crippen molar-refractivity contribution in [2.45, 2.75) is 12.5 Å². The third kappa shape index (κ3) is 4.16. The Bertz CT molecular complexity index is 342. The van der Waals surface area contributed by atoms with Gasteiger partial charge < -0.3 is 10.2 Å². The molecule has 0 fully saturated rings. The van der Waals surface area contributed by atoms with E-state index in [-0.39, 0.29) is 19.3 Å². The van der Waals surface area contributed by atoms with Crippen molar-refractivity contribution < 1.29 is 10.2 Å². The van der Waals surface area contributed by atoms with Crippen LogP contribution in [0.5, 0.6) is 0 Å². The molecule has 0 spiro atoms. The van der Waals surface area contributed by atoms with Gasteiger partial charge in [-0.15, -0.1) is 0 Å². The number of benzene rings is 1. The molecule has 1 rings (SSSR count). The van der Waals surface area contributed by atoms with Gasteiger partial charge in [0, 0.05) is 19.1 Å². The molecule has 1 atom stereocenters. The Morgan fingerprint density at radius 1 is 1.12 bits per heavy atom. The first-order valence-corrected chi connectivity index (χ1v) is 5.71. The standard InChI is InChI=1S/C13H18N2O2/c14-7-6-13(12-4-2-1-3-5-12)15(8-10-16)9-11-17/h1-5,13,16-17H,6,8-11H2. The van der Waals surface area contributed by atoms with Gasteiger partial charge in [-0.2, -0.15) is 5.26 Å². The van der Waals surface area contributed by atoms with Crippen molar-refractivity contribution in [1.82, 2.24) is 4.90 Å². The van der Waals surface area contributed by atoms with Crippen molar-refractivity contribution >= 4 is 0 Å². The van der Waals surface area contributed by atoms with E-state index in [2.05, 4.69) is 6.07 Å². The van der Waals surface area contributed by atoms with Crippen LogP contribution < -0.4 is 0 Å². The molecule has 0 aliphatic rings. The molecule has 0 aliphatic carbocycles. The van der Waals surface area contributed by atoms with Crippen LogP contribution in [0.2, 0.25) is 0 Å². The summed E-state index contributed by atoms with van der Waals surface area (Å²) in [5.74, 6) is 0. The van der Waals surface area contributed by atoms with Crippen LogP contribution in [0.3, 0.4) is 0 Å². The summed E-state index contributed by atoms with van der Waals surface area (Å²) in [4.78, 5) is 1.93. The summed E-state index contributed by atoms with van der Waals surface area (Å²) >= 11 is 0. The van der Waals surface area contributed by atoms with E-state index < -0.39 is 0 Å². The van der Waals surface area contributed by atoms with Gasteiger partial charge in [0.2, 0.25) is 0 Å². The molecule has 4 heteroatoms. The number of rotatable bonds is 7. The van der Waals surface area contributed by atoms with Crippen molar-refractivity contribution in [2.24, 2.45) is 0 Å². The maximum atomic E-state index is 9.02. The van der Waals surface area contributed by atoms with Crippen LogP contribution in [0.25, 0.3) is 0 Å². The summed E-state index contributed by atoms with van der Waals surface area (Å²) in [5.41, 5.74) is 1.04. The van der Waals surface area contributed by atoms with E-state index >= 15 is 0 Å². The van der Waals surface area contributed by atoms with E-state index in [4.69, 9.17) is 15.5 Å². The Balaban J connectivity index is 2.86. The fourth-order valence-corrected chi connectivity index (χ4v) is 1.90. The summed E-state index contributed by atoms with van der Waals surface area (Å²) in [5, 5.41) is 26.9. The third-order valence-corrected chi connectivity index (χ3v) is 2.68. The van der Waals surface area contributed by atoms with E-state index in [1.54, 1.807) is 0 Å². The van der Waals surface area contributed by atoms with Crippen LogP contribution in [-0.4, -0.2) is 41.4 Å². The minimum Gasteiger partial charge on any atom is -0.395 e. The number of nitrogens with zero attached hydrogens (tertiary/aromatic N) is 2. The van der Waals surface area contributed by atoms with E-state index in [1.165, 1.54) is 0 Å². The molecule has 0 aromatic heterocycles. The molecule has 0 saturated heterocycles. The number of aliphatic hydroxyl groups is 2. The van der Waals surface area contributed by atoms with Gasteiger partial charge in [0.1, 0.15) is 0 Å². The molecule has 2 N–H and O–H groups in total. The quantitative estimate of drug-likeness (QED) is 0.736. The minimum absolute atomic E-state index is 0.0226. The summed E-state index contributed by atoms with van der Waals surface area (Å²) in [7, 11) is 0. The molecule has 17 heavy (non-hydrogen) atoms. The average Bonchev–Trinajstić information content (AvgIpc) is 2.37. The van der Waals surface area contributed by atoms with Crippen LogP contribution in [0.1, 0.15) is 18.0 Å². The lowest BCUT2D eigenvalue weighted by atomic mass is 10.0. The number of hydrogen-bond acceptors (Lipinski definition) is 4.